The molecule has 184 valence electrons. The molecule has 4 rings (SSSR count). The molecule has 35 heavy (non-hydrogen) atoms. The summed E-state index contributed by atoms with van der Waals surface area (Å²) in [6.45, 7) is 20.3. The van der Waals surface area contributed by atoms with E-state index in [1.807, 2.05) is 25.1 Å². The molecule has 0 aromatic heterocycles. The quantitative estimate of drug-likeness (QED) is 0.394. The summed E-state index contributed by atoms with van der Waals surface area (Å²) in [5.74, 6) is 1.30. The van der Waals surface area contributed by atoms with Crippen LogP contribution in [0.15, 0.2) is 67.7 Å². The van der Waals surface area contributed by atoms with E-state index < -0.39 is 0 Å². The van der Waals surface area contributed by atoms with E-state index in [0.717, 1.165) is 61.5 Å². The molecule has 1 amide bonds. The van der Waals surface area contributed by atoms with Crippen molar-refractivity contribution in [2.24, 2.45) is 5.92 Å². The first-order valence-electron chi connectivity index (χ1n) is 13.0. The van der Waals surface area contributed by atoms with Crippen molar-refractivity contribution in [3.05, 3.63) is 89.9 Å². The normalized spacial score (nSPS) is 15.8. The number of amides is 1. The summed E-state index contributed by atoms with van der Waals surface area (Å²) in [4.78, 5) is 16.9. The maximum Gasteiger partial charge on any atom is 0.261 e. The Bertz CT molecular complexity index is 1160. The van der Waals surface area contributed by atoms with Gasteiger partial charge in [-0.2, -0.15) is 0 Å². The molecule has 0 radical (unpaired) electrons. The van der Waals surface area contributed by atoms with Crippen LogP contribution in [0, 0.1) is 5.92 Å². The van der Waals surface area contributed by atoms with Crippen molar-refractivity contribution >= 4 is 22.9 Å². The van der Waals surface area contributed by atoms with Crippen LogP contribution in [0.5, 0.6) is 0 Å². The van der Waals surface area contributed by atoms with E-state index >= 15 is 0 Å². The highest BCUT2D eigenvalue weighted by Gasteiger charge is 2.31. The lowest BCUT2D eigenvalue weighted by molar-refractivity contribution is 0.0800. The number of hydrogen-bond donors (Lipinski definition) is 1. The van der Waals surface area contributed by atoms with Crippen molar-refractivity contribution in [3.8, 4) is 0 Å². The van der Waals surface area contributed by atoms with Crippen LogP contribution in [0.25, 0.3) is 5.57 Å². The number of rotatable bonds is 10. The van der Waals surface area contributed by atoms with Gasteiger partial charge in [0.25, 0.3) is 5.91 Å². The van der Waals surface area contributed by atoms with Gasteiger partial charge in [0.05, 0.1) is 11.3 Å². The molecule has 0 fully saturated rings. The standard InChI is InChI=1S/C31H39N3O/c1-7-33-24(6)34(8-2)31(35)29-20-27(15-17-30(29)33)32-23(5)18-21(3)10-9-11-25-13-16-28-22(4)12-14-26(28)19-25/h13,15-17,19-21,32H,4-12,14,18H2,1-3H3. The smallest absolute Gasteiger partial charge is 0.261 e. The second kappa shape index (κ2) is 10.6. The van der Waals surface area contributed by atoms with E-state index in [1.54, 1.807) is 4.90 Å². The molecule has 1 atom stereocenters. The average Bonchev–Trinajstić information content (AvgIpc) is 3.20. The molecule has 0 bridgehead atoms. The van der Waals surface area contributed by atoms with Gasteiger partial charge in [0.1, 0.15) is 5.82 Å². The monoisotopic (exact) mass is 469 g/mol. The number of nitrogens with one attached hydrogen (secondary N) is 1. The number of allylic oxidation sites excluding steroid dienone is 2. The second-order valence-electron chi connectivity index (χ2n) is 9.97. The van der Waals surface area contributed by atoms with E-state index in [-0.39, 0.29) is 5.91 Å². The van der Waals surface area contributed by atoms with Gasteiger partial charge in [-0.05, 0) is 92.3 Å². The zero-order valence-corrected chi connectivity index (χ0v) is 21.6. The molecule has 2 aliphatic rings. The largest absolute Gasteiger partial charge is 0.359 e. The molecule has 1 heterocycles. The minimum absolute atomic E-state index is 0.00991. The summed E-state index contributed by atoms with van der Waals surface area (Å²) in [5.41, 5.74) is 9.08. The Kier molecular flexibility index (Phi) is 7.49. The molecule has 1 aliphatic carbocycles. The van der Waals surface area contributed by atoms with E-state index in [9.17, 15) is 4.79 Å². The zero-order chi connectivity index (χ0) is 25.1. The van der Waals surface area contributed by atoms with Gasteiger partial charge < -0.3 is 10.2 Å². The van der Waals surface area contributed by atoms with Gasteiger partial charge in [-0.3, -0.25) is 9.69 Å². The molecular formula is C31H39N3O. The molecule has 1 aliphatic heterocycles. The molecule has 2 aromatic rings. The Morgan fingerprint density at radius 3 is 2.54 bits per heavy atom. The first-order chi connectivity index (χ1) is 16.8. The van der Waals surface area contributed by atoms with Crippen LogP contribution in [0.1, 0.15) is 73.5 Å². The Labute approximate surface area is 211 Å². The van der Waals surface area contributed by atoms with Crippen LogP contribution >= 0.6 is 0 Å². The summed E-state index contributed by atoms with van der Waals surface area (Å²) < 4.78 is 0. The van der Waals surface area contributed by atoms with Gasteiger partial charge in [-0.25, -0.2) is 0 Å². The number of fused-ring (bicyclic) bond motifs is 2. The number of carbonyl (C=O) groups is 1. The third kappa shape index (κ3) is 5.22. The molecule has 1 unspecified atom stereocenters. The van der Waals surface area contributed by atoms with E-state index in [1.165, 1.54) is 28.7 Å². The second-order valence-corrected chi connectivity index (χ2v) is 9.97. The van der Waals surface area contributed by atoms with Gasteiger partial charge in [0.15, 0.2) is 0 Å². The third-order valence-corrected chi connectivity index (χ3v) is 7.34. The highest BCUT2D eigenvalue weighted by Crippen LogP contribution is 2.35. The van der Waals surface area contributed by atoms with Crippen LogP contribution in [-0.2, 0) is 12.8 Å². The molecule has 0 saturated carbocycles. The summed E-state index contributed by atoms with van der Waals surface area (Å²) in [5, 5.41) is 3.45. The first kappa shape index (κ1) is 24.8. The fraction of sp³-hybridized carbons (Fsp3) is 0.387. The lowest BCUT2D eigenvalue weighted by Crippen LogP contribution is -2.43. The summed E-state index contributed by atoms with van der Waals surface area (Å²) >= 11 is 0. The average molecular weight is 470 g/mol. The minimum atomic E-state index is 0.00991. The van der Waals surface area contributed by atoms with Crippen LogP contribution in [0.3, 0.4) is 0 Å². The first-order valence-corrected chi connectivity index (χ1v) is 13.0. The molecule has 1 N–H and O–H groups in total. The molecule has 4 heteroatoms. The summed E-state index contributed by atoms with van der Waals surface area (Å²) in [6, 6.07) is 12.9. The van der Waals surface area contributed by atoms with E-state index in [4.69, 9.17) is 0 Å². The molecule has 0 saturated heterocycles. The molecule has 0 spiro atoms. The third-order valence-electron chi connectivity index (χ3n) is 7.34. The lowest BCUT2D eigenvalue weighted by Gasteiger charge is -2.39. The maximum atomic E-state index is 13.0. The Morgan fingerprint density at radius 1 is 1.03 bits per heavy atom. The van der Waals surface area contributed by atoms with Gasteiger partial charge in [-0.1, -0.05) is 51.3 Å². The van der Waals surface area contributed by atoms with Crippen LogP contribution in [-0.4, -0.2) is 23.9 Å². The topological polar surface area (TPSA) is 35.6 Å². The van der Waals surface area contributed by atoms with E-state index in [0.29, 0.717) is 18.0 Å². The predicted octanol–water partition coefficient (Wildman–Crippen LogP) is 7.39. The van der Waals surface area contributed by atoms with Crippen molar-refractivity contribution in [2.45, 2.75) is 59.3 Å². The highest BCUT2D eigenvalue weighted by molar-refractivity contribution is 6.04. The van der Waals surface area contributed by atoms with Crippen LogP contribution in [0.4, 0.5) is 11.4 Å². The molecule has 2 aromatic carbocycles. The number of aryl methyl sites for hydroxylation is 2. The number of hydrogen-bond acceptors (Lipinski definition) is 3. The van der Waals surface area contributed by atoms with E-state index in [2.05, 4.69) is 62.0 Å². The van der Waals surface area contributed by atoms with Gasteiger partial charge in [-0.15, -0.1) is 0 Å². The van der Waals surface area contributed by atoms with Crippen molar-refractivity contribution in [3.63, 3.8) is 0 Å². The van der Waals surface area contributed by atoms with Crippen molar-refractivity contribution in [1.82, 2.24) is 4.90 Å². The SMILES string of the molecule is C=C(CC(C)CCCc1ccc2c(c1)CCC2=C)Nc1ccc2c(c1)C(=O)N(CC)C(=C)N2CC. The zero-order valence-electron chi connectivity index (χ0n) is 21.6. The molecule has 4 nitrogen and oxygen atoms in total. The highest BCUT2D eigenvalue weighted by atomic mass is 16.2. The van der Waals surface area contributed by atoms with Crippen molar-refractivity contribution < 1.29 is 4.79 Å². The molecular weight excluding hydrogens is 430 g/mol. The Balaban J connectivity index is 1.31. The van der Waals surface area contributed by atoms with Crippen LogP contribution in [0.2, 0.25) is 0 Å². The number of anilines is 2. The van der Waals surface area contributed by atoms with Crippen LogP contribution < -0.4 is 10.2 Å². The maximum absolute atomic E-state index is 13.0. The van der Waals surface area contributed by atoms with Gasteiger partial charge in [0.2, 0.25) is 0 Å². The van der Waals surface area contributed by atoms with Crippen molar-refractivity contribution in [1.29, 1.82) is 0 Å². The number of nitrogens with zero attached hydrogens (tertiary/aromatic N) is 2. The van der Waals surface area contributed by atoms with Gasteiger partial charge in [0, 0.05) is 24.5 Å². The summed E-state index contributed by atoms with van der Waals surface area (Å²) in [6.07, 6.45) is 6.60. The van der Waals surface area contributed by atoms with Gasteiger partial charge >= 0.3 is 0 Å². The predicted molar refractivity (Wildman–Crippen MR) is 149 cm³/mol. The number of benzene rings is 2. The minimum Gasteiger partial charge on any atom is -0.359 e. The fourth-order valence-corrected chi connectivity index (χ4v) is 5.45. The fourth-order valence-electron chi connectivity index (χ4n) is 5.45. The number of carbonyl (C=O) groups excluding carboxylic acids is 1. The Morgan fingerprint density at radius 2 is 1.80 bits per heavy atom. The van der Waals surface area contributed by atoms with Crippen molar-refractivity contribution in [2.75, 3.05) is 23.3 Å². The Hall–Kier alpha value is -3.27. The lowest BCUT2D eigenvalue weighted by atomic mass is 9.96. The summed E-state index contributed by atoms with van der Waals surface area (Å²) in [7, 11) is 0.